The molecule has 0 aliphatic rings. The van der Waals surface area contributed by atoms with E-state index in [0.717, 1.165) is 6.92 Å². The molecular weight excluding hydrogens is 272 g/mol. The number of aliphatic hydroxyl groups is 1. The van der Waals surface area contributed by atoms with Crippen LogP contribution in [-0.2, 0) is 33.4 Å². The first kappa shape index (κ1) is 13.0. The van der Waals surface area contributed by atoms with Crippen LogP contribution in [0.25, 0.3) is 0 Å². The Hall–Kier alpha value is -1.96. The third kappa shape index (κ3) is 6.28. The van der Waals surface area contributed by atoms with Crippen molar-refractivity contribution in [3.8, 4) is 0 Å². The minimum atomic E-state index is -1.75. The Morgan fingerprint density at radius 2 is 1.45 bits per heavy atom. The monoisotopic (exact) mass is 293 g/mol. The van der Waals surface area contributed by atoms with Crippen molar-refractivity contribution in [2.75, 3.05) is 0 Å². The van der Waals surface area contributed by atoms with Crippen molar-refractivity contribution in [3.05, 3.63) is 0 Å². The van der Waals surface area contributed by atoms with Gasteiger partial charge in [-0.1, -0.05) is 0 Å². The van der Waals surface area contributed by atoms with Crippen molar-refractivity contribution >= 4 is 24.2 Å². The molecule has 0 aromatic carbocycles. The standard InChI is InChI=1S/C12H18O8/c1-6(14)11(19-8(3)16)12(20-9(4)17)10(5-13)18-7(2)15/h5-6,10-12,14H,1-4H3/t6-,10+,11-,12-/m1/s1/i2D,3D,4D. The number of aldehydes is 1. The lowest BCUT2D eigenvalue weighted by Gasteiger charge is -2.30. The summed E-state index contributed by atoms with van der Waals surface area (Å²) in [6.45, 7) is -1.26. The molecule has 20 heavy (non-hydrogen) atoms. The molecule has 0 aromatic heterocycles. The van der Waals surface area contributed by atoms with Gasteiger partial charge in [-0.05, 0) is 6.92 Å². The van der Waals surface area contributed by atoms with Gasteiger partial charge in [-0.25, -0.2) is 0 Å². The Kier molecular flexibility index (Phi) is 5.39. The zero-order valence-corrected chi connectivity index (χ0v) is 10.8. The Morgan fingerprint density at radius 1 is 1.00 bits per heavy atom. The van der Waals surface area contributed by atoms with Crippen LogP contribution >= 0.6 is 0 Å². The van der Waals surface area contributed by atoms with E-state index in [0.29, 0.717) is 0 Å². The molecule has 0 fully saturated rings. The van der Waals surface area contributed by atoms with Gasteiger partial charge in [-0.15, -0.1) is 0 Å². The Balaban J connectivity index is 5.48. The molecule has 4 atom stereocenters. The van der Waals surface area contributed by atoms with Gasteiger partial charge in [0, 0.05) is 24.8 Å². The van der Waals surface area contributed by atoms with Gasteiger partial charge in [0.1, 0.15) is 0 Å². The zero-order chi connectivity index (χ0) is 18.0. The summed E-state index contributed by atoms with van der Waals surface area (Å²) in [7, 11) is 0. The average Bonchev–Trinajstić information content (AvgIpc) is 2.54. The minimum absolute atomic E-state index is 0.0827. The SMILES string of the molecule is [2H]CC(=O)O[C@@H]([C@H](OC(=O)C[2H])[C@@H](C)O)[C@H](C=O)OC(=O)C[2H]. The number of hydrogen-bond donors (Lipinski definition) is 1. The number of aliphatic hydroxyl groups excluding tert-OH is 1. The molecule has 0 saturated carbocycles. The highest BCUT2D eigenvalue weighted by Crippen LogP contribution is 2.16. The molecule has 0 bridgehead atoms. The largest absolute Gasteiger partial charge is 0.456 e. The minimum Gasteiger partial charge on any atom is -0.456 e. The van der Waals surface area contributed by atoms with Gasteiger partial charge in [0.25, 0.3) is 0 Å². The van der Waals surface area contributed by atoms with Crippen LogP contribution in [0, 0.1) is 0 Å². The Morgan fingerprint density at radius 3 is 1.85 bits per heavy atom. The van der Waals surface area contributed by atoms with Gasteiger partial charge in [0.15, 0.2) is 24.6 Å². The van der Waals surface area contributed by atoms with Crippen LogP contribution in [0.4, 0.5) is 0 Å². The highest BCUT2D eigenvalue weighted by atomic mass is 16.6. The summed E-state index contributed by atoms with van der Waals surface area (Å²) in [5.41, 5.74) is 0. The van der Waals surface area contributed by atoms with E-state index in [9.17, 15) is 24.3 Å². The predicted molar refractivity (Wildman–Crippen MR) is 64.4 cm³/mol. The molecule has 1 N–H and O–H groups in total. The van der Waals surface area contributed by atoms with E-state index in [1.165, 1.54) is 0 Å². The van der Waals surface area contributed by atoms with Gasteiger partial charge in [0.05, 0.1) is 6.10 Å². The molecule has 0 amide bonds. The molecule has 0 aromatic rings. The summed E-state index contributed by atoms with van der Waals surface area (Å²) in [5.74, 6) is -3.29. The maximum Gasteiger partial charge on any atom is 0.303 e. The Labute approximate surface area is 120 Å². The normalized spacial score (nSPS) is 18.2. The van der Waals surface area contributed by atoms with E-state index in [-0.39, 0.29) is 6.29 Å². The fourth-order valence-corrected chi connectivity index (χ4v) is 1.39. The van der Waals surface area contributed by atoms with Crippen LogP contribution in [0.15, 0.2) is 0 Å². The van der Waals surface area contributed by atoms with Gasteiger partial charge in [-0.3, -0.25) is 19.2 Å². The van der Waals surface area contributed by atoms with E-state index in [4.69, 9.17) is 13.6 Å². The molecule has 0 rings (SSSR count). The number of hydrogen-bond acceptors (Lipinski definition) is 8. The van der Waals surface area contributed by atoms with Gasteiger partial charge >= 0.3 is 17.9 Å². The molecule has 0 unspecified atom stereocenters. The molecule has 114 valence electrons. The second-order valence-electron chi connectivity index (χ2n) is 3.74. The molecule has 0 saturated heterocycles. The summed E-state index contributed by atoms with van der Waals surface area (Å²) in [6.07, 6.45) is -6.42. The maximum absolute atomic E-state index is 11.3. The van der Waals surface area contributed by atoms with E-state index < -0.39 is 63.0 Å². The van der Waals surface area contributed by atoms with Gasteiger partial charge < -0.3 is 19.3 Å². The molecule has 0 aliphatic carbocycles. The molecule has 0 radical (unpaired) electrons. The van der Waals surface area contributed by atoms with Crippen molar-refractivity contribution in [2.45, 2.75) is 52.0 Å². The lowest BCUT2D eigenvalue weighted by molar-refractivity contribution is -0.190. The first-order valence-electron chi connectivity index (χ1n) is 7.52. The molecule has 0 aliphatic heterocycles. The second-order valence-corrected chi connectivity index (χ2v) is 3.74. The zero-order valence-electron chi connectivity index (χ0n) is 13.8. The van der Waals surface area contributed by atoms with E-state index in [1.807, 2.05) is 0 Å². The highest BCUT2D eigenvalue weighted by molar-refractivity contribution is 5.72. The molecule has 8 nitrogen and oxygen atoms in total. The van der Waals surface area contributed by atoms with Crippen LogP contribution in [-0.4, -0.2) is 53.7 Å². The van der Waals surface area contributed by atoms with E-state index in [2.05, 4.69) is 4.74 Å². The number of ether oxygens (including phenoxy) is 3. The smallest absolute Gasteiger partial charge is 0.303 e. The fraction of sp³-hybridized carbons (Fsp3) is 0.667. The van der Waals surface area contributed by atoms with Crippen molar-refractivity contribution in [3.63, 3.8) is 0 Å². The molecule has 8 heteroatoms. The fourth-order valence-electron chi connectivity index (χ4n) is 1.39. The van der Waals surface area contributed by atoms with Crippen molar-refractivity contribution in [1.82, 2.24) is 0 Å². The summed E-state index contributed by atoms with van der Waals surface area (Å²) in [4.78, 5) is 44.8. The van der Waals surface area contributed by atoms with Crippen LogP contribution < -0.4 is 0 Å². The van der Waals surface area contributed by atoms with E-state index in [1.54, 1.807) is 0 Å². The quantitative estimate of drug-likeness (QED) is 0.374. The Bertz CT molecular complexity index is 429. The van der Waals surface area contributed by atoms with Gasteiger partial charge in [0.2, 0.25) is 0 Å². The third-order valence-electron chi connectivity index (χ3n) is 2.06. The third-order valence-corrected chi connectivity index (χ3v) is 2.06. The first-order chi connectivity index (χ1) is 10.8. The lowest BCUT2D eigenvalue weighted by Crippen LogP contribution is -2.50. The van der Waals surface area contributed by atoms with Gasteiger partial charge in [-0.2, -0.15) is 0 Å². The number of rotatable bonds is 7. The van der Waals surface area contributed by atoms with Crippen molar-refractivity contribution < 1.29 is 42.6 Å². The van der Waals surface area contributed by atoms with Crippen LogP contribution in [0.3, 0.4) is 0 Å². The van der Waals surface area contributed by atoms with E-state index >= 15 is 0 Å². The van der Waals surface area contributed by atoms with Crippen LogP contribution in [0.5, 0.6) is 0 Å². The lowest BCUT2D eigenvalue weighted by atomic mass is 10.0. The second kappa shape index (κ2) is 8.26. The van der Waals surface area contributed by atoms with Crippen molar-refractivity contribution in [1.29, 1.82) is 0 Å². The summed E-state index contributed by atoms with van der Waals surface area (Å²) in [5, 5.41) is 9.68. The number of carbonyl (C=O) groups excluding carboxylic acids is 4. The van der Waals surface area contributed by atoms with Crippen LogP contribution in [0.2, 0.25) is 0 Å². The average molecular weight is 293 g/mol. The number of esters is 3. The van der Waals surface area contributed by atoms with Crippen molar-refractivity contribution in [2.24, 2.45) is 0 Å². The molecule has 0 spiro atoms. The summed E-state index contributed by atoms with van der Waals surface area (Å²) in [6, 6.07) is 0. The predicted octanol–water partition coefficient (Wildman–Crippen LogP) is -0.639. The number of carbonyl (C=O) groups is 4. The highest BCUT2D eigenvalue weighted by Gasteiger charge is 2.39. The summed E-state index contributed by atoms with van der Waals surface area (Å²) < 4.78 is 34.8. The first-order valence-corrected chi connectivity index (χ1v) is 5.40. The molecular formula is C12H18O8. The van der Waals surface area contributed by atoms with Crippen LogP contribution in [0.1, 0.15) is 31.7 Å². The molecule has 0 heterocycles. The topological polar surface area (TPSA) is 116 Å². The maximum atomic E-state index is 11.3. The summed E-state index contributed by atoms with van der Waals surface area (Å²) >= 11 is 0.